The maximum Gasteiger partial charge on any atom is 0.150 e. The monoisotopic (exact) mass is 210 g/mol. The van der Waals surface area contributed by atoms with E-state index in [-0.39, 0.29) is 0 Å². The minimum Gasteiger partial charge on any atom is -0.314 e. The molecule has 0 heterocycles. The second kappa shape index (κ2) is 5.17. The summed E-state index contributed by atoms with van der Waals surface area (Å²) in [7, 11) is 1.61. The highest BCUT2D eigenvalue weighted by molar-refractivity contribution is 7.94. The van der Waals surface area contributed by atoms with Crippen LogP contribution >= 0.6 is 12.0 Å². The fourth-order valence-electron chi connectivity index (χ4n) is 1.33. The Kier molecular flexibility index (Phi) is 4.17. The molecule has 1 rings (SSSR count). The molecule has 0 aromatic heterocycles. The van der Waals surface area contributed by atoms with Gasteiger partial charge in [-0.25, -0.2) is 0 Å². The third kappa shape index (κ3) is 2.59. The van der Waals surface area contributed by atoms with Crippen molar-refractivity contribution >= 4 is 18.3 Å². The molecule has 0 fully saturated rings. The lowest BCUT2D eigenvalue weighted by Gasteiger charge is -2.09. The highest BCUT2D eigenvalue weighted by Crippen LogP contribution is 2.24. The summed E-state index contributed by atoms with van der Waals surface area (Å²) in [5.74, 6) is 0.372. The summed E-state index contributed by atoms with van der Waals surface area (Å²) in [5.41, 5.74) is 1.84. The molecule has 0 aliphatic heterocycles. The van der Waals surface area contributed by atoms with Gasteiger partial charge in [-0.05, 0) is 23.6 Å². The van der Waals surface area contributed by atoms with Crippen LogP contribution in [0.4, 0.5) is 0 Å². The summed E-state index contributed by atoms with van der Waals surface area (Å²) in [6, 6.07) is 5.81. The highest BCUT2D eigenvalue weighted by Gasteiger charge is 2.06. The van der Waals surface area contributed by atoms with E-state index in [1.54, 1.807) is 7.11 Å². The molecule has 14 heavy (non-hydrogen) atoms. The van der Waals surface area contributed by atoms with Gasteiger partial charge in [-0.1, -0.05) is 19.9 Å². The molecular weight excluding hydrogens is 196 g/mol. The SMILES string of the molecule is COSc1ccc(C(C)C)c(C=O)c1. The van der Waals surface area contributed by atoms with E-state index in [9.17, 15) is 4.79 Å². The van der Waals surface area contributed by atoms with Crippen LogP contribution in [-0.2, 0) is 4.18 Å². The number of hydrogen-bond donors (Lipinski definition) is 0. The van der Waals surface area contributed by atoms with Crippen molar-refractivity contribution in [2.45, 2.75) is 24.7 Å². The molecule has 0 saturated carbocycles. The van der Waals surface area contributed by atoms with Gasteiger partial charge < -0.3 is 4.18 Å². The molecule has 0 spiro atoms. The minimum absolute atomic E-state index is 0.372. The lowest BCUT2D eigenvalue weighted by molar-refractivity contribution is 0.112. The normalized spacial score (nSPS) is 10.6. The van der Waals surface area contributed by atoms with Crippen molar-refractivity contribution in [1.82, 2.24) is 0 Å². The largest absolute Gasteiger partial charge is 0.314 e. The van der Waals surface area contributed by atoms with Gasteiger partial charge in [-0.3, -0.25) is 4.79 Å². The molecule has 0 bridgehead atoms. The number of rotatable bonds is 4. The van der Waals surface area contributed by atoms with Gasteiger partial charge in [0.05, 0.1) is 7.11 Å². The summed E-state index contributed by atoms with van der Waals surface area (Å²) in [5, 5.41) is 0. The van der Waals surface area contributed by atoms with Crippen LogP contribution in [0.25, 0.3) is 0 Å². The highest BCUT2D eigenvalue weighted by atomic mass is 32.2. The Balaban J connectivity index is 3.05. The lowest BCUT2D eigenvalue weighted by atomic mass is 9.98. The van der Waals surface area contributed by atoms with Gasteiger partial charge in [0.1, 0.15) is 6.29 Å². The second-order valence-electron chi connectivity index (χ2n) is 3.31. The Morgan fingerprint density at radius 2 is 2.14 bits per heavy atom. The Labute approximate surface area is 88.9 Å². The molecule has 0 aliphatic carbocycles. The Morgan fingerprint density at radius 3 is 2.64 bits per heavy atom. The number of aldehydes is 1. The van der Waals surface area contributed by atoms with Gasteiger partial charge in [0.25, 0.3) is 0 Å². The van der Waals surface area contributed by atoms with Gasteiger partial charge in [0.2, 0.25) is 0 Å². The zero-order chi connectivity index (χ0) is 10.6. The molecule has 0 radical (unpaired) electrons. The average molecular weight is 210 g/mol. The molecule has 76 valence electrons. The molecule has 1 aromatic rings. The summed E-state index contributed by atoms with van der Waals surface area (Å²) in [6.07, 6.45) is 0.898. The fraction of sp³-hybridized carbons (Fsp3) is 0.364. The van der Waals surface area contributed by atoms with Gasteiger partial charge in [-0.2, -0.15) is 0 Å². The predicted octanol–water partition coefficient (Wildman–Crippen LogP) is 3.28. The summed E-state index contributed by atoms with van der Waals surface area (Å²) in [6.45, 7) is 4.15. The van der Waals surface area contributed by atoms with Gasteiger partial charge in [0.15, 0.2) is 0 Å². The van der Waals surface area contributed by atoms with E-state index in [1.807, 2.05) is 18.2 Å². The van der Waals surface area contributed by atoms with Crippen molar-refractivity contribution < 1.29 is 8.98 Å². The molecule has 0 N–H and O–H groups in total. The quantitative estimate of drug-likeness (QED) is 0.563. The van der Waals surface area contributed by atoms with Crippen molar-refractivity contribution in [3.05, 3.63) is 29.3 Å². The van der Waals surface area contributed by atoms with Crippen molar-refractivity contribution in [2.24, 2.45) is 0 Å². The first-order valence-corrected chi connectivity index (χ1v) is 5.23. The maximum atomic E-state index is 10.8. The van der Waals surface area contributed by atoms with Crippen LogP contribution in [0.3, 0.4) is 0 Å². The van der Waals surface area contributed by atoms with Gasteiger partial charge in [0, 0.05) is 22.5 Å². The third-order valence-corrected chi connectivity index (χ3v) is 2.60. The lowest BCUT2D eigenvalue weighted by Crippen LogP contribution is -1.95. The molecule has 0 saturated heterocycles. The second-order valence-corrected chi connectivity index (χ2v) is 4.28. The standard InChI is InChI=1S/C11H14O2S/c1-8(2)11-5-4-10(14-13-3)6-9(11)7-12/h4-8H,1-3H3. The van der Waals surface area contributed by atoms with Crippen molar-refractivity contribution in [3.63, 3.8) is 0 Å². The first kappa shape index (κ1) is 11.3. The molecule has 0 atom stereocenters. The Bertz CT molecular complexity index is 321. The molecule has 0 unspecified atom stereocenters. The van der Waals surface area contributed by atoms with Crippen molar-refractivity contribution in [3.8, 4) is 0 Å². The molecule has 3 heteroatoms. The predicted molar refractivity (Wildman–Crippen MR) is 58.8 cm³/mol. The van der Waals surface area contributed by atoms with Gasteiger partial charge >= 0.3 is 0 Å². The first-order chi connectivity index (χ1) is 6.69. The molecule has 2 nitrogen and oxygen atoms in total. The Morgan fingerprint density at radius 1 is 1.43 bits per heavy atom. The number of carbonyl (C=O) groups is 1. The zero-order valence-corrected chi connectivity index (χ0v) is 9.43. The maximum absolute atomic E-state index is 10.8. The Hall–Kier alpha value is -0.800. The average Bonchev–Trinajstić information content (AvgIpc) is 2.17. The van der Waals surface area contributed by atoms with Crippen LogP contribution in [0.5, 0.6) is 0 Å². The van der Waals surface area contributed by atoms with Crippen molar-refractivity contribution in [2.75, 3.05) is 7.11 Å². The number of carbonyl (C=O) groups excluding carboxylic acids is 1. The molecule has 0 aliphatic rings. The van der Waals surface area contributed by atoms with Crippen molar-refractivity contribution in [1.29, 1.82) is 0 Å². The van der Waals surface area contributed by atoms with E-state index in [1.165, 1.54) is 12.0 Å². The third-order valence-electron chi connectivity index (χ3n) is 1.99. The van der Waals surface area contributed by atoms with Crippen LogP contribution < -0.4 is 0 Å². The summed E-state index contributed by atoms with van der Waals surface area (Å²) >= 11 is 1.27. The van der Waals surface area contributed by atoms with Crippen LogP contribution in [0.1, 0.15) is 35.7 Å². The van der Waals surface area contributed by atoms with Crippen LogP contribution in [0, 0.1) is 0 Å². The van der Waals surface area contributed by atoms with Crippen LogP contribution in [0.15, 0.2) is 23.1 Å². The van der Waals surface area contributed by atoms with E-state index in [4.69, 9.17) is 4.18 Å². The number of hydrogen-bond acceptors (Lipinski definition) is 3. The van der Waals surface area contributed by atoms with E-state index in [2.05, 4.69) is 13.8 Å². The minimum atomic E-state index is 0.372. The zero-order valence-electron chi connectivity index (χ0n) is 8.61. The number of benzene rings is 1. The fourth-order valence-corrected chi connectivity index (χ4v) is 1.82. The summed E-state index contributed by atoms with van der Waals surface area (Å²) < 4.78 is 4.93. The molecular formula is C11H14O2S. The van der Waals surface area contributed by atoms with Gasteiger partial charge in [-0.15, -0.1) is 0 Å². The van der Waals surface area contributed by atoms with E-state index >= 15 is 0 Å². The smallest absolute Gasteiger partial charge is 0.150 e. The first-order valence-electron chi connectivity index (χ1n) is 4.48. The summed E-state index contributed by atoms with van der Waals surface area (Å²) in [4.78, 5) is 11.8. The van der Waals surface area contributed by atoms with Crippen LogP contribution in [-0.4, -0.2) is 13.4 Å². The molecule has 0 amide bonds. The van der Waals surface area contributed by atoms with Crippen LogP contribution in [0.2, 0.25) is 0 Å². The van der Waals surface area contributed by atoms with E-state index < -0.39 is 0 Å². The topological polar surface area (TPSA) is 26.3 Å². The van der Waals surface area contributed by atoms with E-state index in [0.29, 0.717) is 5.92 Å². The molecule has 1 aromatic carbocycles. The van der Waals surface area contributed by atoms with E-state index in [0.717, 1.165) is 22.3 Å².